The second-order valence-electron chi connectivity index (χ2n) is 11.0. The lowest BCUT2D eigenvalue weighted by molar-refractivity contribution is -0.121. The van der Waals surface area contributed by atoms with Crippen molar-refractivity contribution in [1.82, 2.24) is 4.98 Å². The van der Waals surface area contributed by atoms with E-state index in [-0.39, 0.29) is 28.6 Å². The van der Waals surface area contributed by atoms with Crippen molar-refractivity contribution >= 4 is 66.8 Å². The first-order valence-corrected chi connectivity index (χ1v) is 14.9. The maximum atomic E-state index is 15.1. The monoisotopic (exact) mass is 603 g/mol. The van der Waals surface area contributed by atoms with Crippen LogP contribution in [0.4, 0.5) is 10.8 Å². The van der Waals surface area contributed by atoms with E-state index >= 15 is 4.79 Å². The van der Waals surface area contributed by atoms with Crippen molar-refractivity contribution in [3.63, 3.8) is 0 Å². The summed E-state index contributed by atoms with van der Waals surface area (Å²) < 4.78 is 6.96. The van der Waals surface area contributed by atoms with Crippen LogP contribution >= 0.6 is 22.9 Å². The first-order chi connectivity index (χ1) is 20.8. The van der Waals surface area contributed by atoms with Crippen molar-refractivity contribution in [2.45, 2.75) is 25.9 Å². The molecule has 2 aromatic heterocycles. The van der Waals surface area contributed by atoms with Crippen LogP contribution in [-0.2, 0) is 16.9 Å². The Bertz CT molecular complexity index is 2260. The first-order valence-electron chi connectivity index (χ1n) is 13.7. The molecule has 1 atom stereocenters. The number of hydrogen-bond acceptors (Lipinski definition) is 6. The Balaban J connectivity index is 1.46. The highest BCUT2D eigenvalue weighted by Crippen LogP contribution is 2.55. The summed E-state index contributed by atoms with van der Waals surface area (Å²) in [6, 6.07) is 25.8. The van der Waals surface area contributed by atoms with Crippen molar-refractivity contribution in [3.05, 3.63) is 134 Å². The minimum atomic E-state index is -1.82. The van der Waals surface area contributed by atoms with Crippen molar-refractivity contribution in [1.29, 1.82) is 0 Å². The molecular formula is C34H22ClN3O4S. The van der Waals surface area contributed by atoms with Gasteiger partial charge in [0.25, 0.3) is 11.8 Å². The summed E-state index contributed by atoms with van der Waals surface area (Å²) in [5.74, 6) is -1.17. The maximum Gasteiger partial charge on any atom is 0.297 e. The molecule has 7 nitrogen and oxygen atoms in total. The highest BCUT2D eigenvalue weighted by molar-refractivity contribution is 7.22. The zero-order valence-corrected chi connectivity index (χ0v) is 24.6. The average Bonchev–Trinajstić information content (AvgIpc) is 3.59. The molecule has 0 aliphatic carbocycles. The average molecular weight is 604 g/mol. The van der Waals surface area contributed by atoms with Gasteiger partial charge in [0.2, 0.25) is 5.76 Å². The Labute approximate surface area is 254 Å². The normalized spacial score (nSPS) is 17.5. The van der Waals surface area contributed by atoms with E-state index < -0.39 is 22.8 Å². The van der Waals surface area contributed by atoms with E-state index in [0.717, 1.165) is 21.4 Å². The fourth-order valence-electron chi connectivity index (χ4n) is 6.41. The molecule has 0 saturated heterocycles. The number of thiazole rings is 1. The van der Waals surface area contributed by atoms with Crippen molar-refractivity contribution in [2.24, 2.45) is 0 Å². The molecule has 210 valence electrons. The van der Waals surface area contributed by atoms with Gasteiger partial charge in [0, 0.05) is 10.6 Å². The van der Waals surface area contributed by atoms with Crippen LogP contribution in [0.3, 0.4) is 0 Å². The Kier molecular flexibility index (Phi) is 5.48. The molecule has 0 bridgehead atoms. The standard InChI is InChI=1S/C34H22ClN3O4S/c1-18-6-5-7-20(14-18)17-37-25-9-4-3-8-23(25)34(32(37)41)28-29(39)22-15-19(2)10-13-26(22)42-30(28)31(40)38(34)33-36-24-12-11-21(35)16-27(24)43-33/h3-16H,17H2,1-2H3. The SMILES string of the molecule is Cc1cccc(CN2C(=O)C3(c4ccccc42)c2c(oc4ccc(C)cc4c2=O)C(=O)N3c2nc3ccc(Cl)cc3s2)c1. The summed E-state index contributed by atoms with van der Waals surface area (Å²) >= 11 is 7.52. The van der Waals surface area contributed by atoms with Crippen molar-refractivity contribution in [3.8, 4) is 0 Å². The molecule has 9 heteroatoms. The van der Waals surface area contributed by atoms with Gasteiger partial charge in [-0.25, -0.2) is 4.98 Å². The van der Waals surface area contributed by atoms with Gasteiger partial charge in [-0.1, -0.05) is 82.6 Å². The van der Waals surface area contributed by atoms with Gasteiger partial charge in [0.05, 0.1) is 33.4 Å². The number of benzene rings is 4. The van der Waals surface area contributed by atoms with Crippen LogP contribution in [0, 0.1) is 13.8 Å². The molecule has 43 heavy (non-hydrogen) atoms. The highest BCUT2D eigenvalue weighted by atomic mass is 35.5. The van der Waals surface area contributed by atoms with Gasteiger partial charge >= 0.3 is 0 Å². The zero-order chi connectivity index (χ0) is 29.6. The number of aromatic nitrogens is 1. The second kappa shape index (κ2) is 9.10. The number of aryl methyl sites for hydroxylation is 2. The molecule has 8 rings (SSSR count). The van der Waals surface area contributed by atoms with E-state index in [2.05, 4.69) is 0 Å². The fourth-order valence-corrected chi connectivity index (χ4v) is 7.70. The van der Waals surface area contributed by atoms with Crippen molar-refractivity contribution in [2.75, 3.05) is 9.80 Å². The largest absolute Gasteiger partial charge is 0.450 e. The number of carbonyl (C=O) groups is 2. The molecular weight excluding hydrogens is 582 g/mol. The molecule has 0 radical (unpaired) electrons. The molecule has 2 aliphatic heterocycles. The summed E-state index contributed by atoms with van der Waals surface area (Å²) in [7, 11) is 0. The van der Waals surface area contributed by atoms with Crippen LogP contribution in [0.25, 0.3) is 21.2 Å². The van der Waals surface area contributed by atoms with Crippen LogP contribution in [0.15, 0.2) is 94.1 Å². The molecule has 2 aliphatic rings. The number of para-hydroxylation sites is 1. The minimum Gasteiger partial charge on any atom is -0.450 e. The molecule has 2 amide bonds. The number of halogens is 1. The van der Waals surface area contributed by atoms with Gasteiger partial charge in [-0.15, -0.1) is 0 Å². The Morgan fingerprint density at radius 2 is 1.72 bits per heavy atom. The molecule has 6 aromatic rings. The number of anilines is 2. The Morgan fingerprint density at radius 3 is 2.56 bits per heavy atom. The second-order valence-corrected chi connectivity index (χ2v) is 12.4. The van der Waals surface area contributed by atoms with Crippen LogP contribution in [0.1, 0.15) is 38.4 Å². The number of carbonyl (C=O) groups excluding carboxylic acids is 2. The molecule has 1 spiro atoms. The number of hydrogen-bond donors (Lipinski definition) is 0. The van der Waals surface area contributed by atoms with Gasteiger partial charge in [-0.3, -0.25) is 19.3 Å². The van der Waals surface area contributed by atoms with E-state index in [0.29, 0.717) is 27.2 Å². The quantitative estimate of drug-likeness (QED) is 0.215. The highest BCUT2D eigenvalue weighted by Gasteiger charge is 2.66. The van der Waals surface area contributed by atoms with E-state index in [4.69, 9.17) is 21.0 Å². The number of nitrogens with zero attached hydrogens (tertiary/aromatic N) is 3. The lowest BCUT2D eigenvalue weighted by Gasteiger charge is -2.32. The predicted molar refractivity (Wildman–Crippen MR) is 168 cm³/mol. The lowest BCUT2D eigenvalue weighted by atomic mass is 9.84. The third-order valence-corrected chi connectivity index (χ3v) is 9.47. The van der Waals surface area contributed by atoms with Crippen molar-refractivity contribution < 1.29 is 14.0 Å². The fraction of sp³-hybridized carbons (Fsp3) is 0.118. The topological polar surface area (TPSA) is 83.7 Å². The summed E-state index contributed by atoms with van der Waals surface area (Å²) in [5, 5.41) is 1.11. The van der Waals surface area contributed by atoms with E-state index in [1.165, 1.54) is 16.2 Å². The van der Waals surface area contributed by atoms with Crippen LogP contribution in [-0.4, -0.2) is 16.8 Å². The third-order valence-electron chi connectivity index (χ3n) is 8.23. The minimum absolute atomic E-state index is 0.0112. The van der Waals surface area contributed by atoms with Crippen LogP contribution in [0.2, 0.25) is 5.02 Å². The van der Waals surface area contributed by atoms with Gasteiger partial charge in [-0.2, -0.15) is 0 Å². The Morgan fingerprint density at radius 1 is 0.907 bits per heavy atom. The van der Waals surface area contributed by atoms with Gasteiger partial charge in [-0.05, 0) is 55.8 Å². The smallest absolute Gasteiger partial charge is 0.297 e. The summed E-state index contributed by atoms with van der Waals surface area (Å²) in [6.07, 6.45) is 0. The molecule has 4 aromatic carbocycles. The summed E-state index contributed by atoms with van der Waals surface area (Å²) in [6.45, 7) is 4.13. The molecule has 1 unspecified atom stereocenters. The molecule has 4 heterocycles. The third kappa shape index (κ3) is 3.54. The number of amides is 2. The van der Waals surface area contributed by atoms with E-state index in [9.17, 15) is 9.59 Å². The Hall–Kier alpha value is -4.79. The first kappa shape index (κ1) is 25.9. The van der Waals surface area contributed by atoms with E-state index in [1.807, 2.05) is 68.4 Å². The van der Waals surface area contributed by atoms with Gasteiger partial charge < -0.3 is 9.32 Å². The maximum absolute atomic E-state index is 15.1. The van der Waals surface area contributed by atoms with Gasteiger partial charge in [0.1, 0.15) is 5.58 Å². The van der Waals surface area contributed by atoms with Gasteiger partial charge in [0.15, 0.2) is 16.1 Å². The summed E-state index contributed by atoms with van der Waals surface area (Å²) in [5.41, 5.74) is 2.67. The summed E-state index contributed by atoms with van der Waals surface area (Å²) in [4.78, 5) is 51.9. The molecule has 0 saturated carbocycles. The zero-order valence-electron chi connectivity index (χ0n) is 23.1. The lowest BCUT2D eigenvalue weighted by Crippen LogP contribution is -2.53. The van der Waals surface area contributed by atoms with E-state index in [1.54, 1.807) is 35.2 Å². The molecule has 0 fully saturated rings. The number of rotatable bonds is 3. The van der Waals surface area contributed by atoms with Crippen LogP contribution < -0.4 is 15.2 Å². The van der Waals surface area contributed by atoms with Crippen LogP contribution in [0.5, 0.6) is 0 Å². The predicted octanol–water partition coefficient (Wildman–Crippen LogP) is 7.12. The number of fused-ring (bicyclic) bond motifs is 6. The molecule has 0 N–H and O–H groups in total.